The predicted octanol–water partition coefficient (Wildman–Crippen LogP) is 3.26. The number of rotatable bonds is 8. The molecule has 1 amide bonds. The van der Waals surface area contributed by atoms with Gasteiger partial charge in [-0.1, -0.05) is 34.5 Å². The first kappa shape index (κ1) is 16.0. The van der Waals surface area contributed by atoms with Gasteiger partial charge in [0.15, 0.2) is 0 Å². The van der Waals surface area contributed by atoms with Crippen LogP contribution in [0.25, 0.3) is 0 Å². The Balaban J connectivity index is 2.40. The third-order valence-electron chi connectivity index (χ3n) is 3.04. The number of hydrogen-bond donors (Lipinski definition) is 0. The summed E-state index contributed by atoms with van der Waals surface area (Å²) in [6.45, 7) is 0.829. The number of carbonyl (C=O) groups is 1. The van der Waals surface area contributed by atoms with Gasteiger partial charge in [-0.15, -0.1) is 0 Å². The number of methoxy groups -OCH3 is 1. The molecule has 3 nitrogen and oxygen atoms in total. The molecule has 1 rings (SSSR count). The number of nitrogens with zero attached hydrogens (tertiary/aromatic N) is 1. The van der Waals surface area contributed by atoms with Gasteiger partial charge in [-0.25, -0.2) is 0 Å². The zero-order valence-corrected chi connectivity index (χ0v) is 13.3. The molecule has 0 aliphatic heterocycles. The number of likely N-dealkylation sites (N-methyl/N-ethyl adjacent to an activating group) is 1. The van der Waals surface area contributed by atoms with Crippen LogP contribution in [-0.2, 0) is 11.2 Å². The zero-order chi connectivity index (χ0) is 14.1. The van der Waals surface area contributed by atoms with E-state index in [1.807, 2.05) is 36.2 Å². The van der Waals surface area contributed by atoms with E-state index in [0.29, 0.717) is 6.42 Å². The molecule has 1 aromatic rings. The molecule has 0 heterocycles. The first-order valence-corrected chi connectivity index (χ1v) is 7.72. The highest BCUT2D eigenvalue weighted by Gasteiger charge is 2.09. The van der Waals surface area contributed by atoms with E-state index in [-0.39, 0.29) is 5.91 Å². The van der Waals surface area contributed by atoms with E-state index in [2.05, 4.69) is 15.9 Å². The molecule has 4 heteroatoms. The summed E-state index contributed by atoms with van der Waals surface area (Å²) in [6, 6.07) is 7.67. The summed E-state index contributed by atoms with van der Waals surface area (Å²) in [4.78, 5) is 13.9. The van der Waals surface area contributed by atoms with Crippen molar-refractivity contribution in [1.82, 2.24) is 4.90 Å². The van der Waals surface area contributed by atoms with Gasteiger partial charge in [-0.3, -0.25) is 4.79 Å². The van der Waals surface area contributed by atoms with Gasteiger partial charge in [-0.2, -0.15) is 0 Å². The van der Waals surface area contributed by atoms with Gasteiger partial charge < -0.3 is 9.64 Å². The third kappa shape index (κ3) is 6.10. The Morgan fingerprint density at radius 3 is 2.79 bits per heavy atom. The summed E-state index contributed by atoms with van der Waals surface area (Å²) >= 11 is 3.41. The first-order valence-electron chi connectivity index (χ1n) is 6.60. The number of hydrogen-bond acceptors (Lipinski definition) is 2. The summed E-state index contributed by atoms with van der Waals surface area (Å²) in [7, 11) is 3.51. The van der Waals surface area contributed by atoms with Crippen molar-refractivity contribution in [3.63, 3.8) is 0 Å². The van der Waals surface area contributed by atoms with Gasteiger partial charge in [0.1, 0.15) is 5.75 Å². The quantitative estimate of drug-likeness (QED) is 0.541. The third-order valence-corrected chi connectivity index (χ3v) is 3.60. The topological polar surface area (TPSA) is 29.5 Å². The van der Waals surface area contributed by atoms with Crippen molar-refractivity contribution in [3.8, 4) is 5.75 Å². The smallest absolute Gasteiger partial charge is 0.226 e. The molecule has 0 saturated heterocycles. The monoisotopic (exact) mass is 327 g/mol. The molecule has 0 unspecified atom stereocenters. The molecule has 0 saturated carbocycles. The Morgan fingerprint density at radius 2 is 2.11 bits per heavy atom. The van der Waals surface area contributed by atoms with Crippen LogP contribution in [0.3, 0.4) is 0 Å². The number of ether oxygens (including phenoxy) is 1. The highest BCUT2D eigenvalue weighted by atomic mass is 79.9. The number of halogens is 1. The van der Waals surface area contributed by atoms with E-state index in [9.17, 15) is 4.79 Å². The molecule has 0 aromatic heterocycles. The second-order valence-electron chi connectivity index (χ2n) is 4.59. The van der Waals surface area contributed by atoms with Crippen molar-refractivity contribution in [2.75, 3.05) is 26.0 Å². The van der Waals surface area contributed by atoms with Crippen LogP contribution in [-0.4, -0.2) is 36.8 Å². The molecule has 0 bridgehead atoms. The van der Waals surface area contributed by atoms with Crippen molar-refractivity contribution in [3.05, 3.63) is 29.8 Å². The van der Waals surface area contributed by atoms with Crippen LogP contribution in [0.2, 0.25) is 0 Å². The van der Waals surface area contributed by atoms with Crippen LogP contribution >= 0.6 is 15.9 Å². The van der Waals surface area contributed by atoms with Crippen LogP contribution in [0.5, 0.6) is 5.75 Å². The predicted molar refractivity (Wildman–Crippen MR) is 82.0 cm³/mol. The number of alkyl halides is 1. The minimum absolute atomic E-state index is 0.159. The molecular formula is C15H22BrNO2. The maximum atomic E-state index is 12.1. The molecule has 0 atom stereocenters. The molecule has 1 aromatic carbocycles. The molecule has 0 aliphatic rings. The molecule has 0 spiro atoms. The maximum Gasteiger partial charge on any atom is 0.226 e. The van der Waals surface area contributed by atoms with Crippen LogP contribution in [0.1, 0.15) is 24.8 Å². The molecule has 0 N–H and O–H groups in total. The van der Waals surface area contributed by atoms with Gasteiger partial charge in [0, 0.05) is 18.9 Å². The highest BCUT2D eigenvalue weighted by molar-refractivity contribution is 9.09. The van der Waals surface area contributed by atoms with E-state index >= 15 is 0 Å². The fourth-order valence-electron chi connectivity index (χ4n) is 1.84. The minimum atomic E-state index is 0.159. The van der Waals surface area contributed by atoms with Crippen LogP contribution in [0, 0.1) is 0 Å². The zero-order valence-electron chi connectivity index (χ0n) is 11.7. The van der Waals surface area contributed by atoms with Crippen LogP contribution in [0.4, 0.5) is 0 Å². The SMILES string of the molecule is COc1cccc(CC(=O)N(C)CCCCCBr)c1. The van der Waals surface area contributed by atoms with Gasteiger partial charge in [0.2, 0.25) is 5.91 Å². The van der Waals surface area contributed by atoms with E-state index < -0.39 is 0 Å². The maximum absolute atomic E-state index is 12.1. The Kier molecular flexibility index (Phi) is 7.56. The number of benzene rings is 1. The van der Waals surface area contributed by atoms with Gasteiger partial charge in [0.05, 0.1) is 13.5 Å². The lowest BCUT2D eigenvalue weighted by molar-refractivity contribution is -0.129. The second-order valence-corrected chi connectivity index (χ2v) is 5.39. The van der Waals surface area contributed by atoms with Gasteiger partial charge >= 0.3 is 0 Å². The average molecular weight is 328 g/mol. The molecule has 106 valence electrons. The number of unbranched alkanes of at least 4 members (excludes halogenated alkanes) is 2. The van der Waals surface area contributed by atoms with E-state index in [4.69, 9.17) is 4.74 Å². The summed E-state index contributed by atoms with van der Waals surface area (Å²) in [5.74, 6) is 0.956. The largest absolute Gasteiger partial charge is 0.497 e. The van der Waals surface area contributed by atoms with Crippen LogP contribution < -0.4 is 4.74 Å². The van der Waals surface area contributed by atoms with Gasteiger partial charge in [0.25, 0.3) is 0 Å². The summed E-state index contributed by atoms with van der Waals surface area (Å²) < 4.78 is 5.16. The minimum Gasteiger partial charge on any atom is -0.497 e. The molecule has 0 radical (unpaired) electrons. The summed E-state index contributed by atoms with van der Waals surface area (Å²) in [5.41, 5.74) is 0.997. The molecule has 0 fully saturated rings. The van der Waals surface area contributed by atoms with Crippen molar-refractivity contribution >= 4 is 21.8 Å². The Labute approximate surface area is 124 Å². The van der Waals surface area contributed by atoms with E-state index in [0.717, 1.165) is 42.5 Å². The Hall–Kier alpha value is -1.03. The summed E-state index contributed by atoms with van der Waals surface area (Å²) in [5, 5.41) is 1.04. The Morgan fingerprint density at radius 1 is 1.32 bits per heavy atom. The van der Waals surface area contributed by atoms with Crippen molar-refractivity contribution in [2.45, 2.75) is 25.7 Å². The van der Waals surface area contributed by atoms with Gasteiger partial charge in [-0.05, 0) is 30.5 Å². The fraction of sp³-hybridized carbons (Fsp3) is 0.533. The first-order chi connectivity index (χ1) is 9.17. The lowest BCUT2D eigenvalue weighted by Gasteiger charge is -2.17. The van der Waals surface area contributed by atoms with E-state index in [1.54, 1.807) is 7.11 Å². The number of carbonyl (C=O) groups excluding carboxylic acids is 1. The average Bonchev–Trinajstić information content (AvgIpc) is 2.43. The van der Waals surface area contributed by atoms with E-state index in [1.165, 1.54) is 0 Å². The van der Waals surface area contributed by atoms with Crippen molar-refractivity contribution in [1.29, 1.82) is 0 Å². The normalized spacial score (nSPS) is 10.3. The molecular weight excluding hydrogens is 306 g/mol. The standard InChI is InChI=1S/C15H22BrNO2/c1-17(10-5-3-4-9-16)15(18)12-13-7-6-8-14(11-13)19-2/h6-8,11H,3-5,9-10,12H2,1-2H3. The number of amides is 1. The second kappa shape index (κ2) is 8.97. The van der Waals surface area contributed by atoms with Crippen LogP contribution in [0.15, 0.2) is 24.3 Å². The highest BCUT2D eigenvalue weighted by Crippen LogP contribution is 2.13. The molecule has 19 heavy (non-hydrogen) atoms. The fourth-order valence-corrected chi connectivity index (χ4v) is 2.23. The lowest BCUT2D eigenvalue weighted by Crippen LogP contribution is -2.29. The summed E-state index contributed by atoms with van der Waals surface area (Å²) in [6.07, 6.45) is 3.82. The Bertz CT molecular complexity index is 395. The lowest BCUT2D eigenvalue weighted by atomic mass is 10.1. The molecule has 0 aliphatic carbocycles. The van der Waals surface area contributed by atoms with Crippen molar-refractivity contribution in [2.24, 2.45) is 0 Å². The van der Waals surface area contributed by atoms with Crippen molar-refractivity contribution < 1.29 is 9.53 Å².